The van der Waals surface area contributed by atoms with Gasteiger partial charge in [0.15, 0.2) is 0 Å². The molecule has 2 fully saturated rings. The Labute approximate surface area is 124 Å². The fourth-order valence-corrected chi connectivity index (χ4v) is 3.72. The van der Waals surface area contributed by atoms with Crippen LogP contribution in [0.3, 0.4) is 0 Å². The first-order valence-corrected chi connectivity index (χ1v) is 7.61. The van der Waals surface area contributed by atoms with E-state index in [-0.39, 0.29) is 17.8 Å². The number of para-hydroxylation sites is 1. The van der Waals surface area contributed by atoms with E-state index in [1.807, 2.05) is 24.3 Å². The van der Waals surface area contributed by atoms with Crippen molar-refractivity contribution < 1.29 is 19.1 Å². The number of ether oxygens (including phenoxy) is 2. The fourth-order valence-electron chi connectivity index (χ4n) is 3.72. The number of rotatable bonds is 3. The minimum Gasteiger partial charge on any atom is -0.496 e. The molecule has 112 valence electrons. The summed E-state index contributed by atoms with van der Waals surface area (Å²) >= 11 is 0. The number of benzene rings is 1. The van der Waals surface area contributed by atoms with Crippen LogP contribution in [0.25, 0.3) is 0 Å². The van der Waals surface area contributed by atoms with Crippen molar-refractivity contribution in [1.29, 1.82) is 0 Å². The van der Waals surface area contributed by atoms with E-state index in [9.17, 15) is 9.59 Å². The van der Waals surface area contributed by atoms with E-state index in [2.05, 4.69) is 0 Å². The predicted molar refractivity (Wildman–Crippen MR) is 76.9 cm³/mol. The Morgan fingerprint density at radius 3 is 2.48 bits per heavy atom. The van der Waals surface area contributed by atoms with E-state index in [1.54, 1.807) is 7.11 Å². The molecule has 1 saturated heterocycles. The maximum Gasteiger partial charge on any atom is 0.322 e. The van der Waals surface area contributed by atoms with Crippen LogP contribution < -0.4 is 4.74 Å². The molecule has 0 N–H and O–H groups in total. The molecule has 2 unspecified atom stereocenters. The van der Waals surface area contributed by atoms with Crippen molar-refractivity contribution in [2.45, 2.75) is 38.0 Å². The van der Waals surface area contributed by atoms with E-state index in [1.165, 1.54) is 6.42 Å². The molecule has 2 atom stereocenters. The lowest BCUT2D eigenvalue weighted by Crippen LogP contribution is -2.27. The minimum absolute atomic E-state index is 0.243. The van der Waals surface area contributed by atoms with E-state index in [0.29, 0.717) is 5.75 Å². The van der Waals surface area contributed by atoms with Crippen LogP contribution in [0.1, 0.15) is 43.6 Å². The van der Waals surface area contributed by atoms with E-state index >= 15 is 0 Å². The second-order valence-electron chi connectivity index (χ2n) is 5.88. The quantitative estimate of drug-likeness (QED) is 0.633. The molecule has 1 aliphatic heterocycles. The first-order chi connectivity index (χ1) is 10.2. The van der Waals surface area contributed by atoms with Crippen molar-refractivity contribution in [1.82, 2.24) is 0 Å². The van der Waals surface area contributed by atoms with Gasteiger partial charge in [0.25, 0.3) is 0 Å². The largest absolute Gasteiger partial charge is 0.496 e. The van der Waals surface area contributed by atoms with Crippen LogP contribution in [0.4, 0.5) is 0 Å². The molecular weight excluding hydrogens is 268 g/mol. The van der Waals surface area contributed by atoms with Crippen LogP contribution in [0.2, 0.25) is 0 Å². The van der Waals surface area contributed by atoms with Crippen LogP contribution in [0, 0.1) is 11.8 Å². The van der Waals surface area contributed by atoms with Crippen molar-refractivity contribution in [3.05, 3.63) is 29.8 Å². The average molecular weight is 288 g/mol. The van der Waals surface area contributed by atoms with Gasteiger partial charge in [0.05, 0.1) is 18.9 Å². The lowest BCUT2D eigenvalue weighted by Gasteiger charge is -2.28. The second kappa shape index (κ2) is 5.88. The Morgan fingerprint density at radius 1 is 1.05 bits per heavy atom. The predicted octanol–water partition coefficient (Wildman–Crippen LogP) is 3.06. The Bertz CT molecular complexity index is 545. The van der Waals surface area contributed by atoms with Gasteiger partial charge in [-0.1, -0.05) is 37.5 Å². The minimum atomic E-state index is -0.517. The van der Waals surface area contributed by atoms with Crippen molar-refractivity contribution in [3.63, 3.8) is 0 Å². The van der Waals surface area contributed by atoms with Crippen LogP contribution >= 0.6 is 0 Å². The number of carbonyl (C=O) groups excluding carboxylic acids is 2. The second-order valence-corrected chi connectivity index (χ2v) is 5.88. The molecule has 1 aliphatic carbocycles. The first-order valence-electron chi connectivity index (χ1n) is 7.61. The third-order valence-corrected chi connectivity index (χ3v) is 4.72. The summed E-state index contributed by atoms with van der Waals surface area (Å²) in [5.41, 5.74) is 0.770. The Kier molecular flexibility index (Phi) is 3.95. The molecule has 4 heteroatoms. The van der Waals surface area contributed by atoms with Gasteiger partial charge in [-0.05, 0) is 24.8 Å². The van der Waals surface area contributed by atoms with Gasteiger partial charge in [-0.2, -0.15) is 0 Å². The molecule has 0 amide bonds. The molecule has 2 aliphatic rings. The van der Waals surface area contributed by atoms with E-state index in [4.69, 9.17) is 9.47 Å². The fraction of sp³-hybridized carbons (Fsp3) is 0.529. The molecule has 3 rings (SSSR count). The lowest BCUT2D eigenvalue weighted by atomic mass is 9.73. The van der Waals surface area contributed by atoms with Gasteiger partial charge < -0.3 is 9.47 Å². The summed E-state index contributed by atoms with van der Waals surface area (Å²) in [4.78, 5) is 24.4. The zero-order valence-electron chi connectivity index (χ0n) is 12.2. The molecule has 1 aromatic carbocycles. The number of carbonyl (C=O) groups is 2. The van der Waals surface area contributed by atoms with Gasteiger partial charge in [-0.3, -0.25) is 9.59 Å². The Morgan fingerprint density at radius 2 is 1.76 bits per heavy atom. The maximum atomic E-state index is 12.2. The van der Waals surface area contributed by atoms with Crippen molar-refractivity contribution in [2.24, 2.45) is 11.8 Å². The zero-order chi connectivity index (χ0) is 14.8. The molecule has 0 spiro atoms. The van der Waals surface area contributed by atoms with Gasteiger partial charge in [-0.15, -0.1) is 0 Å². The molecule has 0 aromatic heterocycles. The molecular formula is C17H20O4. The average Bonchev–Trinajstić information content (AvgIpc) is 2.82. The van der Waals surface area contributed by atoms with Gasteiger partial charge in [0, 0.05) is 5.56 Å². The van der Waals surface area contributed by atoms with E-state index < -0.39 is 11.9 Å². The number of hydrogen-bond donors (Lipinski definition) is 0. The highest BCUT2D eigenvalue weighted by atomic mass is 16.6. The van der Waals surface area contributed by atoms with Crippen LogP contribution in [0.5, 0.6) is 5.75 Å². The molecule has 1 aromatic rings. The monoisotopic (exact) mass is 288 g/mol. The smallest absolute Gasteiger partial charge is 0.322 e. The van der Waals surface area contributed by atoms with Crippen molar-refractivity contribution in [2.75, 3.05) is 7.11 Å². The maximum absolute atomic E-state index is 12.2. The number of cyclic esters (lactones) is 2. The molecule has 1 saturated carbocycles. The highest BCUT2D eigenvalue weighted by molar-refractivity contribution is 6.00. The summed E-state index contributed by atoms with van der Waals surface area (Å²) in [5, 5.41) is 0. The topological polar surface area (TPSA) is 52.6 Å². The molecule has 1 heterocycles. The number of hydrogen-bond acceptors (Lipinski definition) is 4. The summed E-state index contributed by atoms with van der Waals surface area (Å²) in [7, 11) is 1.58. The van der Waals surface area contributed by atoms with Crippen molar-refractivity contribution in [3.8, 4) is 5.75 Å². The van der Waals surface area contributed by atoms with Gasteiger partial charge in [0.1, 0.15) is 5.75 Å². The summed E-state index contributed by atoms with van der Waals surface area (Å²) in [5.74, 6) is -0.767. The van der Waals surface area contributed by atoms with E-state index in [0.717, 1.165) is 31.2 Å². The molecule has 0 radical (unpaired) electrons. The van der Waals surface area contributed by atoms with Gasteiger partial charge in [-0.25, -0.2) is 0 Å². The SMILES string of the molecule is COc1ccccc1C1C(=O)OC(=O)C1C1CCCCC1. The summed E-state index contributed by atoms with van der Waals surface area (Å²) in [6, 6.07) is 7.41. The normalized spacial score (nSPS) is 26.7. The van der Waals surface area contributed by atoms with Crippen LogP contribution in [-0.4, -0.2) is 19.0 Å². The van der Waals surface area contributed by atoms with Crippen molar-refractivity contribution >= 4 is 11.9 Å². The molecule has 0 bridgehead atoms. The third kappa shape index (κ3) is 2.55. The first kappa shape index (κ1) is 14.1. The zero-order valence-corrected chi connectivity index (χ0v) is 12.2. The molecule has 4 nitrogen and oxygen atoms in total. The lowest BCUT2D eigenvalue weighted by molar-refractivity contribution is -0.153. The number of methoxy groups -OCH3 is 1. The highest BCUT2D eigenvalue weighted by Crippen LogP contribution is 2.45. The third-order valence-electron chi connectivity index (χ3n) is 4.72. The summed E-state index contributed by atoms with van der Waals surface area (Å²) < 4.78 is 10.3. The van der Waals surface area contributed by atoms with Gasteiger partial charge in [0.2, 0.25) is 0 Å². The van der Waals surface area contributed by atoms with Crippen LogP contribution in [-0.2, 0) is 14.3 Å². The summed E-state index contributed by atoms with van der Waals surface area (Å²) in [6.45, 7) is 0. The standard InChI is InChI=1S/C17H20O4/c1-20-13-10-6-5-9-12(13)15-14(16(18)21-17(15)19)11-7-3-2-4-8-11/h5-6,9-11,14-15H,2-4,7-8H2,1H3. The Hall–Kier alpha value is -1.84. The van der Waals surface area contributed by atoms with Gasteiger partial charge >= 0.3 is 11.9 Å². The highest BCUT2D eigenvalue weighted by Gasteiger charge is 2.49. The summed E-state index contributed by atoms with van der Waals surface area (Å²) in [6.07, 6.45) is 5.46. The number of esters is 2. The Balaban J connectivity index is 1.97. The molecule has 21 heavy (non-hydrogen) atoms. The van der Waals surface area contributed by atoms with Crippen LogP contribution in [0.15, 0.2) is 24.3 Å².